The minimum absolute atomic E-state index is 0.0704. The number of aryl methyl sites for hydroxylation is 2. The van der Waals surface area contributed by atoms with Crippen LogP contribution in [0.15, 0.2) is 24.3 Å². The van der Waals surface area contributed by atoms with Crippen LogP contribution in [0, 0.1) is 19.8 Å². The largest absolute Gasteiger partial charge is 0.351 e. The highest BCUT2D eigenvalue weighted by molar-refractivity contribution is 7.91. The van der Waals surface area contributed by atoms with E-state index in [9.17, 15) is 13.2 Å². The minimum atomic E-state index is -3.05. The number of hydrogen-bond acceptors (Lipinski definition) is 4. The predicted molar refractivity (Wildman–Crippen MR) is 111 cm³/mol. The van der Waals surface area contributed by atoms with Crippen molar-refractivity contribution in [2.45, 2.75) is 46.6 Å². The third kappa shape index (κ3) is 4.63. The number of nitrogens with one attached hydrogen (secondary N) is 1. The number of carbonyl (C=O) groups is 1. The van der Waals surface area contributed by atoms with Gasteiger partial charge in [-0.15, -0.1) is 0 Å². The van der Waals surface area contributed by atoms with Gasteiger partial charge in [-0.05, 0) is 55.9 Å². The van der Waals surface area contributed by atoms with E-state index in [-0.39, 0.29) is 23.5 Å². The maximum absolute atomic E-state index is 12.6. The molecular weight excluding hydrogens is 374 g/mol. The Morgan fingerprint density at radius 2 is 2.00 bits per heavy atom. The maximum atomic E-state index is 12.6. The topological polar surface area (TPSA) is 81.1 Å². The maximum Gasteiger partial charge on any atom is 0.271 e. The lowest BCUT2D eigenvalue weighted by Crippen LogP contribution is -2.26. The predicted octanol–water partition coefficient (Wildman–Crippen LogP) is 3.30. The minimum Gasteiger partial charge on any atom is -0.351 e. The van der Waals surface area contributed by atoms with E-state index in [1.807, 2.05) is 26.0 Å². The molecule has 1 N–H and O–H groups in total. The molecule has 0 radical (unpaired) electrons. The molecule has 7 heteroatoms. The fourth-order valence-electron chi connectivity index (χ4n) is 3.43. The Balaban J connectivity index is 1.95. The second-order valence-corrected chi connectivity index (χ2v) is 10.4. The van der Waals surface area contributed by atoms with Crippen molar-refractivity contribution >= 4 is 15.7 Å². The van der Waals surface area contributed by atoms with Crippen LogP contribution in [-0.4, -0.2) is 42.2 Å². The molecule has 1 aliphatic heterocycles. The van der Waals surface area contributed by atoms with Crippen molar-refractivity contribution in [2.75, 3.05) is 18.1 Å². The highest BCUT2D eigenvalue weighted by atomic mass is 32.2. The molecule has 6 nitrogen and oxygen atoms in total. The van der Waals surface area contributed by atoms with Crippen LogP contribution in [0.3, 0.4) is 0 Å². The number of aromatic nitrogens is 2. The third-order valence-electron chi connectivity index (χ3n) is 5.33. The average molecular weight is 404 g/mol. The Labute approximate surface area is 167 Å². The fourth-order valence-corrected chi connectivity index (χ4v) is 5.13. The van der Waals surface area contributed by atoms with Crippen molar-refractivity contribution in [3.8, 4) is 11.3 Å². The molecule has 1 saturated heterocycles. The first-order valence-corrected chi connectivity index (χ1v) is 11.6. The van der Waals surface area contributed by atoms with Crippen LogP contribution < -0.4 is 5.32 Å². The summed E-state index contributed by atoms with van der Waals surface area (Å²) in [6, 6.07) is 7.64. The number of amides is 1. The monoisotopic (exact) mass is 403 g/mol. The van der Waals surface area contributed by atoms with Gasteiger partial charge < -0.3 is 5.32 Å². The quantitative estimate of drug-likeness (QED) is 0.802. The van der Waals surface area contributed by atoms with E-state index >= 15 is 0 Å². The van der Waals surface area contributed by atoms with Gasteiger partial charge >= 0.3 is 0 Å². The number of rotatable bonds is 6. The van der Waals surface area contributed by atoms with Crippen molar-refractivity contribution in [3.05, 3.63) is 41.1 Å². The highest BCUT2D eigenvalue weighted by Gasteiger charge is 2.32. The summed E-state index contributed by atoms with van der Waals surface area (Å²) < 4.78 is 25.7. The second kappa shape index (κ2) is 8.07. The van der Waals surface area contributed by atoms with E-state index in [0.29, 0.717) is 24.6 Å². The summed E-state index contributed by atoms with van der Waals surface area (Å²) in [6.45, 7) is 8.91. The van der Waals surface area contributed by atoms with Crippen LogP contribution in [-0.2, 0) is 9.84 Å². The van der Waals surface area contributed by atoms with Gasteiger partial charge in [-0.3, -0.25) is 9.48 Å². The number of benzene rings is 1. The smallest absolute Gasteiger partial charge is 0.271 e. The first-order valence-electron chi connectivity index (χ1n) is 9.82. The number of nitrogens with zero attached hydrogens (tertiary/aromatic N) is 2. The molecule has 1 fully saturated rings. The van der Waals surface area contributed by atoms with E-state index in [2.05, 4.69) is 30.3 Å². The number of sulfone groups is 1. The molecule has 1 aromatic carbocycles. The first kappa shape index (κ1) is 20.6. The molecule has 0 saturated carbocycles. The first-order chi connectivity index (χ1) is 13.2. The van der Waals surface area contributed by atoms with Gasteiger partial charge in [-0.25, -0.2) is 8.42 Å². The van der Waals surface area contributed by atoms with E-state index in [1.54, 1.807) is 10.7 Å². The highest BCUT2D eigenvalue weighted by Crippen LogP contribution is 2.31. The number of hydrogen-bond donors (Lipinski definition) is 1. The van der Waals surface area contributed by atoms with E-state index in [4.69, 9.17) is 0 Å². The Kier molecular flexibility index (Phi) is 5.93. The van der Waals surface area contributed by atoms with Gasteiger partial charge in [0.1, 0.15) is 0 Å². The molecule has 3 rings (SSSR count). The standard InChI is InChI=1S/C21H29N3O3S/c1-14(2)7-9-22-21(25)19-12-20(17-6-5-15(3)16(4)11-17)24(23-19)18-8-10-28(26,27)13-18/h5-6,11-12,14,18H,7-10,13H2,1-4H3,(H,22,25)/t18-/m0/s1. The Bertz CT molecular complexity index is 977. The van der Waals surface area contributed by atoms with Crippen molar-refractivity contribution < 1.29 is 13.2 Å². The lowest BCUT2D eigenvalue weighted by molar-refractivity contribution is 0.0946. The summed E-state index contributed by atoms with van der Waals surface area (Å²) in [5.74, 6) is 0.527. The summed E-state index contributed by atoms with van der Waals surface area (Å²) in [6.07, 6.45) is 1.42. The Morgan fingerprint density at radius 3 is 2.61 bits per heavy atom. The van der Waals surface area contributed by atoms with Crippen LogP contribution in [0.5, 0.6) is 0 Å². The molecule has 0 unspecified atom stereocenters. The SMILES string of the molecule is Cc1ccc(-c2cc(C(=O)NCCC(C)C)nn2[C@H]2CCS(=O)(=O)C2)cc1C. The van der Waals surface area contributed by atoms with Crippen molar-refractivity contribution in [1.29, 1.82) is 0 Å². The zero-order chi connectivity index (χ0) is 20.5. The lowest BCUT2D eigenvalue weighted by atomic mass is 10.0. The molecule has 1 atom stereocenters. The molecule has 2 aromatic rings. The zero-order valence-corrected chi connectivity index (χ0v) is 17.8. The molecule has 2 heterocycles. The summed E-state index contributed by atoms with van der Waals surface area (Å²) in [5, 5.41) is 7.44. The average Bonchev–Trinajstić information content (AvgIpc) is 3.20. The normalized spacial score (nSPS) is 18.5. The van der Waals surface area contributed by atoms with Gasteiger partial charge in [0.2, 0.25) is 0 Å². The summed E-state index contributed by atoms with van der Waals surface area (Å²) in [5.41, 5.74) is 4.40. The van der Waals surface area contributed by atoms with Gasteiger partial charge in [-0.1, -0.05) is 26.0 Å². The van der Waals surface area contributed by atoms with E-state index in [1.165, 1.54) is 5.56 Å². The molecule has 1 amide bonds. The van der Waals surface area contributed by atoms with Gasteiger partial charge in [0.25, 0.3) is 5.91 Å². The van der Waals surface area contributed by atoms with Gasteiger partial charge in [-0.2, -0.15) is 5.10 Å². The molecule has 1 aliphatic rings. The van der Waals surface area contributed by atoms with Crippen LogP contribution in [0.4, 0.5) is 0 Å². The molecule has 0 spiro atoms. The van der Waals surface area contributed by atoms with Gasteiger partial charge in [0, 0.05) is 12.1 Å². The van der Waals surface area contributed by atoms with E-state index in [0.717, 1.165) is 23.2 Å². The van der Waals surface area contributed by atoms with Crippen LogP contribution in [0.2, 0.25) is 0 Å². The second-order valence-electron chi connectivity index (χ2n) is 8.15. The Hall–Kier alpha value is -2.15. The van der Waals surface area contributed by atoms with Gasteiger partial charge in [0.05, 0.1) is 23.2 Å². The van der Waals surface area contributed by atoms with Crippen molar-refractivity contribution in [2.24, 2.45) is 5.92 Å². The molecule has 28 heavy (non-hydrogen) atoms. The molecule has 0 aliphatic carbocycles. The van der Waals surface area contributed by atoms with Gasteiger partial charge in [0.15, 0.2) is 15.5 Å². The van der Waals surface area contributed by atoms with Crippen molar-refractivity contribution in [1.82, 2.24) is 15.1 Å². The van der Waals surface area contributed by atoms with Crippen LogP contribution in [0.1, 0.15) is 54.3 Å². The van der Waals surface area contributed by atoms with Crippen LogP contribution >= 0.6 is 0 Å². The molecule has 152 valence electrons. The van der Waals surface area contributed by atoms with Crippen LogP contribution in [0.25, 0.3) is 11.3 Å². The van der Waals surface area contributed by atoms with Crippen molar-refractivity contribution in [3.63, 3.8) is 0 Å². The zero-order valence-electron chi connectivity index (χ0n) is 17.0. The lowest BCUT2D eigenvalue weighted by Gasteiger charge is -2.14. The third-order valence-corrected chi connectivity index (χ3v) is 7.08. The molecule has 0 bridgehead atoms. The molecule has 1 aromatic heterocycles. The summed E-state index contributed by atoms with van der Waals surface area (Å²) >= 11 is 0. The fraction of sp³-hybridized carbons (Fsp3) is 0.524. The summed E-state index contributed by atoms with van der Waals surface area (Å²) in [4.78, 5) is 12.6. The number of carbonyl (C=O) groups excluding carboxylic acids is 1. The molecular formula is C21H29N3O3S. The Morgan fingerprint density at radius 1 is 1.25 bits per heavy atom. The van der Waals surface area contributed by atoms with E-state index < -0.39 is 9.84 Å². The summed E-state index contributed by atoms with van der Waals surface area (Å²) in [7, 11) is -3.05.